The fourth-order valence-electron chi connectivity index (χ4n) is 2.99. The van der Waals surface area contributed by atoms with E-state index in [2.05, 4.69) is 10.1 Å². The molecule has 0 spiro atoms. The van der Waals surface area contributed by atoms with Gasteiger partial charge in [0.15, 0.2) is 5.82 Å². The van der Waals surface area contributed by atoms with Gasteiger partial charge in [-0.05, 0) is 25.7 Å². The minimum absolute atomic E-state index is 0.0953. The lowest BCUT2D eigenvalue weighted by molar-refractivity contribution is -0.140. The summed E-state index contributed by atoms with van der Waals surface area (Å²) in [5.41, 5.74) is 0. The number of nitrogens with zero attached hydrogens (tertiary/aromatic N) is 3. The molecule has 2 heterocycles. The maximum atomic E-state index is 12.3. The van der Waals surface area contributed by atoms with Gasteiger partial charge >= 0.3 is 0 Å². The first-order valence-electron chi connectivity index (χ1n) is 7.06. The molecular weight excluding hydrogens is 258 g/mol. The molecule has 104 valence electrons. The van der Waals surface area contributed by atoms with E-state index in [1.54, 1.807) is 0 Å². The summed E-state index contributed by atoms with van der Waals surface area (Å²) in [5, 5.41) is 3.88. The summed E-state index contributed by atoms with van der Waals surface area (Å²) in [5.74, 6) is 0.875. The molecule has 3 aliphatic rings. The number of carbonyl (C=O) groups excluding carboxylic acids is 2. The molecule has 0 bridgehead atoms. The Hall–Kier alpha value is -1.98. The van der Waals surface area contributed by atoms with Crippen molar-refractivity contribution in [3.05, 3.63) is 23.9 Å². The van der Waals surface area contributed by atoms with Gasteiger partial charge in [-0.2, -0.15) is 4.98 Å². The molecule has 0 N–H and O–H groups in total. The van der Waals surface area contributed by atoms with Crippen molar-refractivity contribution in [2.45, 2.75) is 38.1 Å². The van der Waals surface area contributed by atoms with Crippen LogP contribution in [0.4, 0.5) is 0 Å². The molecule has 0 radical (unpaired) electrons. The van der Waals surface area contributed by atoms with Gasteiger partial charge in [-0.1, -0.05) is 17.3 Å². The Morgan fingerprint density at radius 3 is 2.40 bits per heavy atom. The van der Waals surface area contributed by atoms with Crippen LogP contribution < -0.4 is 0 Å². The fourth-order valence-corrected chi connectivity index (χ4v) is 2.99. The second-order valence-electron chi connectivity index (χ2n) is 5.74. The largest absolute Gasteiger partial charge is 0.339 e. The van der Waals surface area contributed by atoms with Crippen molar-refractivity contribution in [1.29, 1.82) is 0 Å². The highest BCUT2D eigenvalue weighted by atomic mass is 16.5. The van der Waals surface area contributed by atoms with E-state index in [0.717, 1.165) is 12.8 Å². The smallest absolute Gasteiger partial charge is 0.233 e. The van der Waals surface area contributed by atoms with E-state index in [1.165, 1.54) is 4.90 Å². The molecule has 6 heteroatoms. The molecule has 6 nitrogen and oxygen atoms in total. The van der Waals surface area contributed by atoms with Gasteiger partial charge in [0.2, 0.25) is 17.7 Å². The molecule has 4 rings (SSSR count). The first kappa shape index (κ1) is 11.8. The van der Waals surface area contributed by atoms with Crippen LogP contribution in [0.3, 0.4) is 0 Å². The zero-order chi connectivity index (χ0) is 13.7. The van der Waals surface area contributed by atoms with Gasteiger partial charge in [0.05, 0.1) is 18.4 Å². The lowest BCUT2D eigenvalue weighted by Crippen LogP contribution is -2.31. The van der Waals surface area contributed by atoms with Crippen LogP contribution in [0.25, 0.3) is 0 Å². The zero-order valence-corrected chi connectivity index (χ0v) is 11.0. The minimum Gasteiger partial charge on any atom is -0.339 e. The van der Waals surface area contributed by atoms with Gasteiger partial charge in [-0.15, -0.1) is 0 Å². The number of aromatic nitrogens is 2. The third kappa shape index (κ3) is 1.78. The predicted molar refractivity (Wildman–Crippen MR) is 67.2 cm³/mol. The van der Waals surface area contributed by atoms with E-state index in [1.807, 2.05) is 12.2 Å². The van der Waals surface area contributed by atoms with Crippen molar-refractivity contribution in [3.8, 4) is 0 Å². The summed E-state index contributed by atoms with van der Waals surface area (Å²) in [6.45, 7) is 0.140. The van der Waals surface area contributed by atoms with Gasteiger partial charge < -0.3 is 4.52 Å². The molecule has 2 aliphatic carbocycles. The molecule has 2 atom stereocenters. The fraction of sp³-hybridized carbons (Fsp3) is 0.571. The van der Waals surface area contributed by atoms with Crippen LogP contribution in [-0.4, -0.2) is 26.9 Å². The first-order valence-corrected chi connectivity index (χ1v) is 7.06. The highest BCUT2D eigenvalue weighted by Gasteiger charge is 2.47. The third-order valence-corrected chi connectivity index (χ3v) is 4.31. The van der Waals surface area contributed by atoms with Crippen LogP contribution in [0.1, 0.15) is 43.3 Å². The van der Waals surface area contributed by atoms with Crippen molar-refractivity contribution in [2.24, 2.45) is 11.8 Å². The highest BCUT2D eigenvalue weighted by Crippen LogP contribution is 2.39. The number of fused-ring (bicyclic) bond motifs is 1. The number of allylic oxidation sites excluding steroid dienone is 2. The van der Waals surface area contributed by atoms with E-state index >= 15 is 0 Å². The van der Waals surface area contributed by atoms with Gasteiger partial charge in [-0.3, -0.25) is 14.5 Å². The molecule has 1 aromatic rings. The second kappa shape index (κ2) is 4.26. The Kier molecular flexibility index (Phi) is 2.52. The quantitative estimate of drug-likeness (QED) is 0.614. The second-order valence-corrected chi connectivity index (χ2v) is 5.74. The lowest BCUT2D eigenvalue weighted by Gasteiger charge is -2.14. The van der Waals surface area contributed by atoms with Gasteiger partial charge in [0.1, 0.15) is 0 Å². The normalized spacial score (nSPS) is 29.1. The Morgan fingerprint density at radius 2 is 1.80 bits per heavy atom. The number of imide groups is 1. The molecular formula is C14H15N3O3. The van der Waals surface area contributed by atoms with Crippen molar-refractivity contribution in [2.75, 3.05) is 0 Å². The number of hydrogen-bond acceptors (Lipinski definition) is 5. The SMILES string of the molecule is O=C1C2CC=CCC2C(=O)N1Cc1noc(C2CC2)n1. The molecule has 1 aliphatic heterocycles. The van der Waals surface area contributed by atoms with Crippen molar-refractivity contribution in [1.82, 2.24) is 15.0 Å². The third-order valence-electron chi connectivity index (χ3n) is 4.31. The Bertz CT molecular complexity index is 577. The molecule has 1 saturated heterocycles. The summed E-state index contributed by atoms with van der Waals surface area (Å²) in [7, 11) is 0. The average molecular weight is 273 g/mol. The number of likely N-dealkylation sites (tertiary alicyclic amines) is 1. The zero-order valence-electron chi connectivity index (χ0n) is 11.0. The van der Waals surface area contributed by atoms with E-state index in [-0.39, 0.29) is 30.2 Å². The average Bonchev–Trinajstić information content (AvgIpc) is 3.18. The summed E-state index contributed by atoms with van der Waals surface area (Å²) in [6.07, 6.45) is 7.44. The maximum Gasteiger partial charge on any atom is 0.233 e. The molecule has 20 heavy (non-hydrogen) atoms. The molecule has 2 unspecified atom stereocenters. The minimum atomic E-state index is -0.192. The van der Waals surface area contributed by atoms with Crippen molar-refractivity contribution in [3.63, 3.8) is 0 Å². The van der Waals surface area contributed by atoms with Gasteiger partial charge in [0.25, 0.3) is 0 Å². The number of amides is 2. The molecule has 0 aromatic carbocycles. The van der Waals surface area contributed by atoms with E-state index in [4.69, 9.17) is 4.52 Å². The number of hydrogen-bond donors (Lipinski definition) is 0. The summed E-state index contributed by atoms with van der Waals surface area (Å²) in [6, 6.07) is 0. The monoisotopic (exact) mass is 273 g/mol. The molecule has 1 saturated carbocycles. The topological polar surface area (TPSA) is 76.3 Å². The summed E-state index contributed by atoms with van der Waals surface area (Å²) >= 11 is 0. The van der Waals surface area contributed by atoms with Crippen LogP contribution in [0.2, 0.25) is 0 Å². The number of rotatable bonds is 3. The Morgan fingerprint density at radius 1 is 1.15 bits per heavy atom. The van der Waals surface area contributed by atoms with Crippen molar-refractivity contribution < 1.29 is 14.1 Å². The number of carbonyl (C=O) groups is 2. The first-order chi connectivity index (χ1) is 9.74. The van der Waals surface area contributed by atoms with Crippen LogP contribution in [0, 0.1) is 11.8 Å². The van der Waals surface area contributed by atoms with Crippen molar-refractivity contribution >= 4 is 11.8 Å². The molecule has 2 fully saturated rings. The summed E-state index contributed by atoms with van der Waals surface area (Å²) in [4.78, 5) is 30.2. The maximum absolute atomic E-state index is 12.3. The Labute approximate surface area is 115 Å². The van der Waals surface area contributed by atoms with Gasteiger partial charge in [-0.25, -0.2) is 0 Å². The molecule has 2 amide bonds. The van der Waals surface area contributed by atoms with Crippen LogP contribution in [0.5, 0.6) is 0 Å². The van der Waals surface area contributed by atoms with Crippen LogP contribution in [0.15, 0.2) is 16.7 Å². The summed E-state index contributed by atoms with van der Waals surface area (Å²) < 4.78 is 5.17. The highest BCUT2D eigenvalue weighted by molar-refractivity contribution is 6.05. The van der Waals surface area contributed by atoms with E-state index in [0.29, 0.717) is 30.5 Å². The van der Waals surface area contributed by atoms with E-state index < -0.39 is 0 Å². The van der Waals surface area contributed by atoms with E-state index in [9.17, 15) is 9.59 Å². The van der Waals surface area contributed by atoms with Gasteiger partial charge in [0, 0.05) is 5.92 Å². The Balaban J connectivity index is 1.53. The standard InChI is InChI=1S/C14H15N3O3/c18-13-9-3-1-2-4-10(9)14(19)17(13)7-11-15-12(20-16-11)8-5-6-8/h1-2,8-10H,3-7H2. The van der Waals surface area contributed by atoms with Crippen LogP contribution in [-0.2, 0) is 16.1 Å². The lowest BCUT2D eigenvalue weighted by atomic mass is 9.85. The molecule has 1 aromatic heterocycles. The predicted octanol–water partition coefficient (Wildman–Crippen LogP) is 1.40. The van der Waals surface area contributed by atoms with Crippen LogP contribution >= 0.6 is 0 Å².